The fourth-order valence-corrected chi connectivity index (χ4v) is 1.96. The first-order chi connectivity index (χ1) is 10.7. The Morgan fingerprint density at radius 3 is 2.86 bits per heavy atom. The minimum absolute atomic E-state index is 0.167. The second-order valence-electron chi connectivity index (χ2n) is 4.52. The molecule has 0 amide bonds. The molecule has 0 saturated heterocycles. The van der Waals surface area contributed by atoms with Gasteiger partial charge in [-0.2, -0.15) is 0 Å². The van der Waals surface area contributed by atoms with Crippen molar-refractivity contribution in [2.24, 2.45) is 0 Å². The molecule has 0 spiro atoms. The molecule has 0 aliphatic carbocycles. The standard InChI is InChI=1S/C15H13N3O4/c1-21-11-3-2-4-12(8-11)22-9-13-16-14-7-10(15(19)20)5-6-18(14)17-13/h2-8H,9H2,1H3,(H,19,20). The molecule has 112 valence electrons. The zero-order valence-corrected chi connectivity index (χ0v) is 11.8. The third-order valence-electron chi connectivity index (χ3n) is 3.04. The summed E-state index contributed by atoms with van der Waals surface area (Å²) in [5.74, 6) is 0.807. The van der Waals surface area contributed by atoms with Gasteiger partial charge in [0.15, 0.2) is 11.5 Å². The highest BCUT2D eigenvalue weighted by atomic mass is 16.5. The molecule has 0 unspecified atom stereocenters. The van der Waals surface area contributed by atoms with E-state index in [1.54, 1.807) is 25.4 Å². The number of hydrogen-bond donors (Lipinski definition) is 1. The molecule has 7 nitrogen and oxygen atoms in total. The van der Waals surface area contributed by atoms with Gasteiger partial charge in [-0.1, -0.05) is 6.07 Å². The van der Waals surface area contributed by atoms with Gasteiger partial charge in [-0.05, 0) is 24.3 Å². The van der Waals surface area contributed by atoms with Crippen LogP contribution in [0, 0.1) is 0 Å². The molecule has 2 aromatic heterocycles. The van der Waals surface area contributed by atoms with Crippen LogP contribution in [0.15, 0.2) is 42.6 Å². The predicted molar refractivity (Wildman–Crippen MR) is 77.3 cm³/mol. The van der Waals surface area contributed by atoms with Crippen LogP contribution in [-0.2, 0) is 6.61 Å². The maximum absolute atomic E-state index is 10.9. The third-order valence-corrected chi connectivity index (χ3v) is 3.04. The number of carboxylic acids is 1. The number of fused-ring (bicyclic) bond motifs is 1. The Hall–Kier alpha value is -3.09. The van der Waals surface area contributed by atoms with Crippen molar-refractivity contribution >= 4 is 11.6 Å². The average molecular weight is 299 g/mol. The van der Waals surface area contributed by atoms with Crippen molar-refractivity contribution in [3.8, 4) is 11.5 Å². The Kier molecular flexibility index (Phi) is 3.61. The first-order valence-corrected chi connectivity index (χ1v) is 6.51. The van der Waals surface area contributed by atoms with Crippen LogP contribution in [0.3, 0.4) is 0 Å². The topological polar surface area (TPSA) is 86.0 Å². The van der Waals surface area contributed by atoms with Gasteiger partial charge in [-0.15, -0.1) is 5.10 Å². The number of ether oxygens (including phenoxy) is 2. The molecule has 3 aromatic rings. The van der Waals surface area contributed by atoms with Gasteiger partial charge in [-0.3, -0.25) is 0 Å². The highest BCUT2D eigenvalue weighted by Gasteiger charge is 2.08. The number of methoxy groups -OCH3 is 1. The average Bonchev–Trinajstić information content (AvgIpc) is 2.95. The van der Waals surface area contributed by atoms with Crippen LogP contribution >= 0.6 is 0 Å². The van der Waals surface area contributed by atoms with Crippen molar-refractivity contribution in [1.82, 2.24) is 14.6 Å². The summed E-state index contributed by atoms with van der Waals surface area (Å²) in [7, 11) is 1.59. The normalized spacial score (nSPS) is 10.6. The maximum atomic E-state index is 10.9. The van der Waals surface area contributed by atoms with E-state index in [0.717, 1.165) is 0 Å². The van der Waals surface area contributed by atoms with E-state index in [2.05, 4.69) is 10.1 Å². The maximum Gasteiger partial charge on any atom is 0.335 e. The fourth-order valence-electron chi connectivity index (χ4n) is 1.96. The summed E-state index contributed by atoms with van der Waals surface area (Å²) in [5.41, 5.74) is 0.629. The van der Waals surface area contributed by atoms with Gasteiger partial charge >= 0.3 is 5.97 Å². The summed E-state index contributed by atoms with van der Waals surface area (Å²) < 4.78 is 12.2. The minimum Gasteiger partial charge on any atom is -0.497 e. The second-order valence-corrected chi connectivity index (χ2v) is 4.52. The molecular weight excluding hydrogens is 286 g/mol. The Morgan fingerprint density at radius 2 is 2.09 bits per heavy atom. The number of carbonyl (C=O) groups is 1. The van der Waals surface area contributed by atoms with Gasteiger partial charge in [0.2, 0.25) is 0 Å². The molecule has 1 aromatic carbocycles. The molecule has 0 saturated carbocycles. The monoisotopic (exact) mass is 299 g/mol. The van der Waals surface area contributed by atoms with E-state index in [-0.39, 0.29) is 12.2 Å². The fraction of sp³-hybridized carbons (Fsp3) is 0.133. The van der Waals surface area contributed by atoms with E-state index in [4.69, 9.17) is 14.6 Å². The number of pyridine rings is 1. The van der Waals surface area contributed by atoms with Gasteiger partial charge in [0, 0.05) is 12.3 Å². The Labute approximate surface area is 125 Å². The predicted octanol–water partition coefficient (Wildman–Crippen LogP) is 2.02. The summed E-state index contributed by atoms with van der Waals surface area (Å²) in [4.78, 5) is 15.2. The molecule has 22 heavy (non-hydrogen) atoms. The van der Waals surface area contributed by atoms with Crippen molar-refractivity contribution in [3.05, 3.63) is 54.0 Å². The van der Waals surface area contributed by atoms with E-state index in [0.29, 0.717) is 23.0 Å². The zero-order valence-electron chi connectivity index (χ0n) is 11.8. The Morgan fingerprint density at radius 1 is 1.27 bits per heavy atom. The molecule has 1 N–H and O–H groups in total. The number of benzene rings is 1. The second kappa shape index (κ2) is 5.72. The van der Waals surface area contributed by atoms with E-state index >= 15 is 0 Å². The summed E-state index contributed by atoms with van der Waals surface area (Å²) >= 11 is 0. The Balaban J connectivity index is 1.77. The molecule has 0 bridgehead atoms. The summed E-state index contributed by atoms with van der Waals surface area (Å²) in [5, 5.41) is 13.2. The molecule has 2 heterocycles. The van der Waals surface area contributed by atoms with Gasteiger partial charge in [0.25, 0.3) is 0 Å². The molecule has 7 heteroatoms. The molecule has 0 atom stereocenters. The smallest absolute Gasteiger partial charge is 0.335 e. The number of carboxylic acid groups (broad SMARTS) is 1. The van der Waals surface area contributed by atoms with E-state index in [9.17, 15) is 4.79 Å². The highest BCUT2D eigenvalue weighted by molar-refractivity contribution is 5.88. The lowest BCUT2D eigenvalue weighted by Gasteiger charge is -2.05. The zero-order chi connectivity index (χ0) is 15.5. The van der Waals surface area contributed by atoms with Gasteiger partial charge < -0.3 is 14.6 Å². The van der Waals surface area contributed by atoms with Crippen molar-refractivity contribution in [2.75, 3.05) is 7.11 Å². The lowest BCUT2D eigenvalue weighted by Crippen LogP contribution is -1.98. The number of rotatable bonds is 5. The van der Waals surface area contributed by atoms with Gasteiger partial charge in [0.05, 0.1) is 12.7 Å². The molecule has 0 radical (unpaired) electrons. The van der Waals surface area contributed by atoms with Crippen LogP contribution in [0.1, 0.15) is 16.2 Å². The molecule has 0 fully saturated rings. The van der Waals surface area contributed by atoms with E-state index in [1.165, 1.54) is 16.6 Å². The SMILES string of the molecule is COc1cccc(OCc2nc3cc(C(=O)O)ccn3n2)c1. The quantitative estimate of drug-likeness (QED) is 0.775. The van der Waals surface area contributed by atoms with Crippen LogP contribution in [0.25, 0.3) is 5.65 Å². The van der Waals surface area contributed by atoms with Crippen molar-refractivity contribution in [3.63, 3.8) is 0 Å². The molecule has 0 aliphatic rings. The summed E-state index contributed by atoms with van der Waals surface area (Å²) in [6, 6.07) is 10.1. The number of hydrogen-bond acceptors (Lipinski definition) is 5. The largest absolute Gasteiger partial charge is 0.497 e. The first kappa shape index (κ1) is 13.9. The minimum atomic E-state index is -1.00. The summed E-state index contributed by atoms with van der Waals surface area (Å²) in [6.45, 7) is 0.178. The first-order valence-electron chi connectivity index (χ1n) is 6.51. The van der Waals surface area contributed by atoms with Gasteiger partial charge in [-0.25, -0.2) is 14.3 Å². The van der Waals surface area contributed by atoms with Crippen LogP contribution in [0.2, 0.25) is 0 Å². The van der Waals surface area contributed by atoms with Gasteiger partial charge in [0.1, 0.15) is 18.1 Å². The summed E-state index contributed by atoms with van der Waals surface area (Å²) in [6.07, 6.45) is 1.56. The molecule has 0 aliphatic heterocycles. The lowest BCUT2D eigenvalue weighted by atomic mass is 10.3. The molecule has 3 rings (SSSR count). The Bertz CT molecular complexity index is 829. The highest BCUT2D eigenvalue weighted by Crippen LogP contribution is 2.19. The van der Waals surface area contributed by atoms with E-state index < -0.39 is 5.97 Å². The van der Waals surface area contributed by atoms with Crippen LogP contribution in [0.5, 0.6) is 11.5 Å². The van der Waals surface area contributed by atoms with Crippen molar-refractivity contribution in [2.45, 2.75) is 6.61 Å². The third kappa shape index (κ3) is 2.83. The molecular formula is C15H13N3O4. The van der Waals surface area contributed by atoms with E-state index in [1.807, 2.05) is 12.1 Å². The van der Waals surface area contributed by atoms with Crippen molar-refractivity contribution < 1.29 is 19.4 Å². The van der Waals surface area contributed by atoms with Crippen LogP contribution in [0.4, 0.5) is 0 Å². The number of nitrogens with zero attached hydrogens (tertiary/aromatic N) is 3. The van der Waals surface area contributed by atoms with Crippen molar-refractivity contribution in [1.29, 1.82) is 0 Å². The van der Waals surface area contributed by atoms with Crippen LogP contribution in [-0.4, -0.2) is 32.8 Å². The number of aromatic carboxylic acids is 1. The number of aromatic nitrogens is 3. The van der Waals surface area contributed by atoms with Crippen LogP contribution < -0.4 is 9.47 Å². The lowest BCUT2D eigenvalue weighted by molar-refractivity contribution is 0.0697.